The number of esters is 1. The molecule has 0 bridgehead atoms. The number of amides is 2. The van der Waals surface area contributed by atoms with Gasteiger partial charge >= 0.3 is 5.97 Å². The number of benzene rings is 1. The minimum absolute atomic E-state index is 0.0422. The van der Waals surface area contributed by atoms with Crippen molar-refractivity contribution in [3.63, 3.8) is 0 Å². The van der Waals surface area contributed by atoms with E-state index in [-0.39, 0.29) is 41.4 Å². The molecular formula is C17H20N4O5S. The molecule has 1 heterocycles. The fraction of sp³-hybridized carbons (Fsp3) is 0.353. The molecule has 0 aliphatic carbocycles. The second kappa shape index (κ2) is 9.17. The van der Waals surface area contributed by atoms with Gasteiger partial charge in [0.25, 0.3) is 5.56 Å². The van der Waals surface area contributed by atoms with Crippen molar-refractivity contribution in [3.05, 3.63) is 34.6 Å². The zero-order valence-corrected chi connectivity index (χ0v) is 16.0. The van der Waals surface area contributed by atoms with Crippen LogP contribution in [0.15, 0.2) is 34.2 Å². The maximum Gasteiger partial charge on any atom is 0.325 e. The molecule has 1 N–H and O–H groups in total. The van der Waals surface area contributed by atoms with Crippen LogP contribution >= 0.6 is 11.8 Å². The molecule has 0 spiro atoms. The zero-order valence-electron chi connectivity index (χ0n) is 15.2. The first-order valence-corrected chi connectivity index (χ1v) is 8.99. The van der Waals surface area contributed by atoms with Crippen molar-refractivity contribution in [1.29, 1.82) is 0 Å². The molecule has 0 radical (unpaired) electrons. The lowest BCUT2D eigenvalue weighted by Crippen LogP contribution is -2.38. The third-order valence-corrected chi connectivity index (χ3v) is 4.71. The smallest absolute Gasteiger partial charge is 0.325 e. The van der Waals surface area contributed by atoms with Gasteiger partial charge in [-0.2, -0.15) is 0 Å². The summed E-state index contributed by atoms with van der Waals surface area (Å²) < 4.78 is 5.83. The molecule has 2 rings (SSSR count). The fourth-order valence-corrected chi connectivity index (χ4v) is 3.15. The predicted octanol–water partition coefficient (Wildman–Crippen LogP) is -0.134. The van der Waals surface area contributed by atoms with Crippen molar-refractivity contribution in [1.82, 2.24) is 19.8 Å². The summed E-state index contributed by atoms with van der Waals surface area (Å²) in [6.07, 6.45) is 0. The number of nitrogens with zero attached hydrogens (tertiary/aromatic N) is 3. The fourth-order valence-electron chi connectivity index (χ4n) is 2.21. The molecule has 9 nitrogen and oxygen atoms in total. The van der Waals surface area contributed by atoms with Crippen molar-refractivity contribution < 1.29 is 19.1 Å². The van der Waals surface area contributed by atoms with Crippen LogP contribution in [0.2, 0.25) is 0 Å². The first-order chi connectivity index (χ1) is 12.9. The van der Waals surface area contributed by atoms with Crippen LogP contribution in [0.3, 0.4) is 0 Å². The van der Waals surface area contributed by atoms with Gasteiger partial charge < -0.3 is 15.0 Å². The highest BCUT2D eigenvalue weighted by Crippen LogP contribution is 2.18. The van der Waals surface area contributed by atoms with Gasteiger partial charge in [0.15, 0.2) is 5.16 Å². The van der Waals surface area contributed by atoms with E-state index in [1.165, 1.54) is 30.7 Å². The van der Waals surface area contributed by atoms with Crippen molar-refractivity contribution in [2.75, 3.05) is 33.5 Å². The van der Waals surface area contributed by atoms with Crippen LogP contribution in [0.4, 0.5) is 0 Å². The van der Waals surface area contributed by atoms with Crippen LogP contribution in [-0.4, -0.2) is 65.7 Å². The first-order valence-electron chi connectivity index (χ1n) is 8.01. The lowest BCUT2D eigenvalue weighted by molar-refractivity contribution is -0.141. The number of ether oxygens (including phenoxy) is 1. The van der Waals surface area contributed by atoms with Gasteiger partial charge in [0.05, 0.1) is 30.3 Å². The highest BCUT2D eigenvalue weighted by Gasteiger charge is 2.18. The molecule has 2 amide bonds. The number of methoxy groups -OCH3 is 1. The number of nitrogens with one attached hydrogen (secondary N) is 1. The van der Waals surface area contributed by atoms with Gasteiger partial charge in [-0.05, 0) is 12.1 Å². The number of likely N-dealkylation sites (N-methyl/N-ethyl adjacent to an activating group) is 2. The second-order valence-electron chi connectivity index (χ2n) is 5.59. The average Bonchev–Trinajstić information content (AvgIpc) is 2.68. The average molecular weight is 392 g/mol. The molecule has 0 saturated heterocycles. The van der Waals surface area contributed by atoms with Crippen LogP contribution in [0, 0.1) is 0 Å². The largest absolute Gasteiger partial charge is 0.468 e. The molecule has 0 atom stereocenters. The van der Waals surface area contributed by atoms with E-state index in [4.69, 9.17) is 0 Å². The molecule has 27 heavy (non-hydrogen) atoms. The Labute approximate surface area is 159 Å². The van der Waals surface area contributed by atoms with Crippen molar-refractivity contribution in [2.45, 2.75) is 11.7 Å². The summed E-state index contributed by atoms with van der Waals surface area (Å²) in [7, 11) is 4.22. The van der Waals surface area contributed by atoms with Gasteiger partial charge in [0.2, 0.25) is 11.8 Å². The maximum absolute atomic E-state index is 12.7. The van der Waals surface area contributed by atoms with Gasteiger partial charge in [0, 0.05) is 14.1 Å². The maximum atomic E-state index is 12.7. The van der Waals surface area contributed by atoms with Crippen LogP contribution in [0.1, 0.15) is 0 Å². The molecular weight excluding hydrogens is 372 g/mol. The summed E-state index contributed by atoms with van der Waals surface area (Å²) >= 11 is 1.02. The minimum atomic E-state index is -0.598. The third kappa shape index (κ3) is 5.07. The molecule has 1 aromatic carbocycles. The standard InChI is InChI=1S/C17H20N4O5S/c1-18-13(22)8-20(2)14(23)10-27-17-19-12-7-5-4-6-11(12)16(25)21(17)9-15(24)26-3/h4-7H,8-10H2,1-3H3,(H,18,22). The van der Waals surface area contributed by atoms with Crippen LogP contribution < -0.4 is 10.9 Å². The molecule has 0 fully saturated rings. The Morgan fingerprint density at radius 1 is 1.30 bits per heavy atom. The Hall–Kier alpha value is -2.88. The quantitative estimate of drug-likeness (QED) is 0.397. The number of fused-ring (bicyclic) bond motifs is 1. The highest BCUT2D eigenvalue weighted by molar-refractivity contribution is 7.99. The summed E-state index contributed by atoms with van der Waals surface area (Å²) in [4.78, 5) is 53.7. The van der Waals surface area contributed by atoms with Gasteiger partial charge in [-0.25, -0.2) is 4.98 Å². The van der Waals surface area contributed by atoms with Gasteiger partial charge in [0.1, 0.15) is 6.54 Å². The SMILES string of the molecule is CNC(=O)CN(C)C(=O)CSc1nc2ccccc2c(=O)n1CC(=O)OC. The van der Waals surface area contributed by atoms with E-state index in [2.05, 4.69) is 15.0 Å². The molecule has 1 aromatic heterocycles. The Bertz CT molecular complexity index is 927. The number of hydrogen-bond acceptors (Lipinski definition) is 7. The molecule has 2 aromatic rings. The Kier molecular flexibility index (Phi) is 6.94. The number of carbonyl (C=O) groups is 3. The summed E-state index contributed by atoms with van der Waals surface area (Å²) in [5.74, 6) is -1.24. The van der Waals surface area contributed by atoms with Crippen molar-refractivity contribution in [2.24, 2.45) is 0 Å². The third-order valence-electron chi connectivity index (χ3n) is 3.75. The number of aromatic nitrogens is 2. The van der Waals surface area contributed by atoms with Gasteiger partial charge in [-0.1, -0.05) is 23.9 Å². The molecule has 0 aliphatic heterocycles. The molecule has 0 unspecified atom stereocenters. The molecule has 0 aliphatic rings. The summed E-state index contributed by atoms with van der Waals surface area (Å²) in [6, 6.07) is 6.76. The Morgan fingerprint density at radius 3 is 2.67 bits per heavy atom. The highest BCUT2D eigenvalue weighted by atomic mass is 32.2. The molecule has 10 heteroatoms. The van der Waals surface area contributed by atoms with Crippen LogP contribution in [0.25, 0.3) is 10.9 Å². The number of para-hydroxylation sites is 1. The zero-order chi connectivity index (χ0) is 20.0. The topological polar surface area (TPSA) is 111 Å². The molecule has 0 saturated carbocycles. The lowest BCUT2D eigenvalue weighted by atomic mass is 10.2. The van der Waals surface area contributed by atoms with Gasteiger partial charge in [-0.3, -0.25) is 23.7 Å². The monoisotopic (exact) mass is 392 g/mol. The summed E-state index contributed by atoms with van der Waals surface area (Å²) in [5.41, 5.74) is 0.0805. The van der Waals surface area contributed by atoms with E-state index in [1.807, 2.05) is 0 Å². The van der Waals surface area contributed by atoms with Crippen LogP contribution in [0.5, 0.6) is 0 Å². The predicted molar refractivity (Wildman–Crippen MR) is 100 cm³/mol. The van der Waals surface area contributed by atoms with Crippen LogP contribution in [-0.2, 0) is 25.7 Å². The number of hydrogen-bond donors (Lipinski definition) is 1. The lowest BCUT2D eigenvalue weighted by Gasteiger charge is -2.16. The van der Waals surface area contributed by atoms with Crippen molar-refractivity contribution in [3.8, 4) is 0 Å². The summed E-state index contributed by atoms with van der Waals surface area (Å²) in [5, 5.41) is 3.04. The number of carbonyl (C=O) groups excluding carboxylic acids is 3. The van der Waals surface area contributed by atoms with E-state index in [1.54, 1.807) is 24.3 Å². The first kappa shape index (κ1) is 20.4. The Balaban J connectivity index is 2.29. The normalized spacial score (nSPS) is 10.5. The molecule has 144 valence electrons. The van der Waals surface area contributed by atoms with E-state index in [0.29, 0.717) is 10.9 Å². The summed E-state index contributed by atoms with van der Waals surface area (Å²) in [6.45, 7) is -0.381. The number of thioether (sulfide) groups is 1. The van der Waals surface area contributed by atoms with E-state index in [9.17, 15) is 19.2 Å². The van der Waals surface area contributed by atoms with Gasteiger partial charge in [-0.15, -0.1) is 0 Å². The minimum Gasteiger partial charge on any atom is -0.468 e. The van der Waals surface area contributed by atoms with E-state index in [0.717, 1.165) is 11.8 Å². The number of rotatable bonds is 7. The van der Waals surface area contributed by atoms with E-state index < -0.39 is 5.97 Å². The Morgan fingerprint density at radius 2 is 2.00 bits per heavy atom. The second-order valence-corrected chi connectivity index (χ2v) is 6.53. The van der Waals surface area contributed by atoms with E-state index >= 15 is 0 Å². The van der Waals surface area contributed by atoms with Crippen molar-refractivity contribution >= 4 is 40.4 Å².